The highest BCUT2D eigenvalue weighted by molar-refractivity contribution is 6.31. The first-order chi connectivity index (χ1) is 8.72. The third-order valence-corrected chi connectivity index (χ3v) is 3.82. The van der Waals surface area contributed by atoms with Gasteiger partial charge in [0, 0.05) is 36.9 Å². The molecule has 1 aromatic rings. The molecule has 1 fully saturated rings. The Bertz CT molecular complexity index is 386. The normalized spacial score (nSPS) is 25.3. The van der Waals surface area contributed by atoms with E-state index in [9.17, 15) is 0 Å². The minimum absolute atomic E-state index is 0.0218. The molecule has 1 N–H and O–H groups in total. The first-order valence-electron chi connectivity index (χ1n) is 6.34. The molecule has 1 aromatic carbocycles. The van der Waals surface area contributed by atoms with Gasteiger partial charge in [-0.2, -0.15) is 0 Å². The van der Waals surface area contributed by atoms with Crippen molar-refractivity contribution in [3.63, 3.8) is 0 Å². The standard InChI is InChI=1S/C14H20ClNO2/c1-10-13(7-8-18-10)16-9-14(17-2)11-5-3-4-6-12(11)15/h3-6,10,13-14,16H,7-9H2,1-2H3. The average Bonchev–Trinajstić information content (AvgIpc) is 2.78. The van der Waals surface area contributed by atoms with Crippen molar-refractivity contribution in [1.82, 2.24) is 5.32 Å². The summed E-state index contributed by atoms with van der Waals surface area (Å²) in [6.07, 6.45) is 1.31. The van der Waals surface area contributed by atoms with Crippen LogP contribution >= 0.6 is 11.6 Å². The maximum atomic E-state index is 6.19. The lowest BCUT2D eigenvalue weighted by Crippen LogP contribution is -2.37. The molecule has 0 aliphatic carbocycles. The summed E-state index contributed by atoms with van der Waals surface area (Å²) in [6, 6.07) is 8.22. The van der Waals surface area contributed by atoms with Crippen LogP contribution in [0.5, 0.6) is 0 Å². The number of hydrogen-bond donors (Lipinski definition) is 1. The van der Waals surface area contributed by atoms with E-state index in [1.54, 1.807) is 7.11 Å². The van der Waals surface area contributed by atoms with Crippen LogP contribution in [0.1, 0.15) is 25.0 Å². The van der Waals surface area contributed by atoms with Crippen LogP contribution in [0.15, 0.2) is 24.3 Å². The van der Waals surface area contributed by atoms with Gasteiger partial charge >= 0.3 is 0 Å². The SMILES string of the molecule is COC(CNC1CCOC1C)c1ccccc1Cl. The molecule has 2 rings (SSSR count). The molecule has 18 heavy (non-hydrogen) atoms. The number of halogens is 1. The highest BCUT2D eigenvalue weighted by Gasteiger charge is 2.25. The van der Waals surface area contributed by atoms with Crippen molar-refractivity contribution in [2.45, 2.75) is 31.6 Å². The van der Waals surface area contributed by atoms with E-state index in [0.29, 0.717) is 6.04 Å². The Hall–Kier alpha value is -0.610. The molecular formula is C14H20ClNO2. The molecule has 0 radical (unpaired) electrons. The van der Waals surface area contributed by atoms with Crippen LogP contribution in [0.25, 0.3) is 0 Å². The smallest absolute Gasteiger partial charge is 0.0959 e. The molecule has 1 aliphatic heterocycles. The summed E-state index contributed by atoms with van der Waals surface area (Å²) >= 11 is 6.19. The lowest BCUT2D eigenvalue weighted by atomic mass is 10.1. The summed E-state index contributed by atoms with van der Waals surface area (Å²) in [5.74, 6) is 0. The van der Waals surface area contributed by atoms with E-state index in [4.69, 9.17) is 21.1 Å². The zero-order valence-electron chi connectivity index (χ0n) is 10.9. The number of hydrogen-bond acceptors (Lipinski definition) is 3. The Morgan fingerprint density at radius 1 is 1.50 bits per heavy atom. The Balaban J connectivity index is 1.95. The van der Waals surface area contributed by atoms with Crippen molar-refractivity contribution in [2.75, 3.05) is 20.3 Å². The summed E-state index contributed by atoms with van der Waals surface area (Å²) < 4.78 is 11.1. The van der Waals surface area contributed by atoms with Gasteiger partial charge in [0.05, 0.1) is 12.2 Å². The van der Waals surface area contributed by atoms with Crippen LogP contribution in [-0.4, -0.2) is 32.4 Å². The quantitative estimate of drug-likeness (QED) is 0.892. The van der Waals surface area contributed by atoms with E-state index < -0.39 is 0 Å². The summed E-state index contributed by atoms with van der Waals surface area (Å²) in [4.78, 5) is 0. The topological polar surface area (TPSA) is 30.5 Å². The molecule has 1 aliphatic rings. The maximum Gasteiger partial charge on any atom is 0.0959 e. The van der Waals surface area contributed by atoms with Crippen molar-refractivity contribution < 1.29 is 9.47 Å². The summed E-state index contributed by atoms with van der Waals surface area (Å²) in [5.41, 5.74) is 1.03. The molecular weight excluding hydrogens is 250 g/mol. The monoisotopic (exact) mass is 269 g/mol. The van der Waals surface area contributed by atoms with Crippen molar-refractivity contribution >= 4 is 11.6 Å². The van der Waals surface area contributed by atoms with Crippen molar-refractivity contribution in [3.05, 3.63) is 34.9 Å². The molecule has 0 amide bonds. The van der Waals surface area contributed by atoms with E-state index >= 15 is 0 Å². The molecule has 3 atom stereocenters. The second kappa shape index (κ2) is 6.53. The van der Waals surface area contributed by atoms with E-state index in [-0.39, 0.29) is 12.2 Å². The van der Waals surface area contributed by atoms with Gasteiger partial charge in [-0.15, -0.1) is 0 Å². The summed E-state index contributed by atoms with van der Waals surface area (Å²) in [6.45, 7) is 3.68. The molecule has 1 saturated heterocycles. The van der Waals surface area contributed by atoms with Crippen molar-refractivity contribution in [2.24, 2.45) is 0 Å². The first-order valence-corrected chi connectivity index (χ1v) is 6.72. The number of methoxy groups -OCH3 is 1. The van der Waals surface area contributed by atoms with Gasteiger partial charge in [-0.1, -0.05) is 29.8 Å². The third-order valence-electron chi connectivity index (χ3n) is 3.48. The minimum Gasteiger partial charge on any atom is -0.377 e. The van der Waals surface area contributed by atoms with Crippen LogP contribution < -0.4 is 5.32 Å². The van der Waals surface area contributed by atoms with Crippen LogP contribution in [0, 0.1) is 0 Å². The second-order valence-electron chi connectivity index (χ2n) is 4.63. The van der Waals surface area contributed by atoms with Crippen LogP contribution in [0.2, 0.25) is 5.02 Å². The molecule has 4 heteroatoms. The molecule has 0 aromatic heterocycles. The number of benzene rings is 1. The molecule has 100 valence electrons. The van der Waals surface area contributed by atoms with E-state index in [2.05, 4.69) is 12.2 Å². The van der Waals surface area contributed by atoms with Gasteiger partial charge < -0.3 is 14.8 Å². The van der Waals surface area contributed by atoms with E-state index in [1.165, 1.54) is 0 Å². The van der Waals surface area contributed by atoms with Crippen LogP contribution in [0.4, 0.5) is 0 Å². The van der Waals surface area contributed by atoms with Gasteiger partial charge in [0.1, 0.15) is 0 Å². The molecule has 1 heterocycles. The van der Waals surface area contributed by atoms with Crippen LogP contribution in [-0.2, 0) is 9.47 Å². The van der Waals surface area contributed by atoms with E-state index in [0.717, 1.165) is 30.2 Å². The van der Waals surface area contributed by atoms with E-state index in [1.807, 2.05) is 24.3 Å². The average molecular weight is 270 g/mol. The Morgan fingerprint density at radius 2 is 2.28 bits per heavy atom. The third kappa shape index (κ3) is 3.23. The van der Waals surface area contributed by atoms with Gasteiger partial charge in [-0.05, 0) is 19.4 Å². The van der Waals surface area contributed by atoms with Crippen molar-refractivity contribution in [1.29, 1.82) is 0 Å². The lowest BCUT2D eigenvalue weighted by Gasteiger charge is -2.22. The molecule has 3 unspecified atom stereocenters. The van der Waals surface area contributed by atoms with Gasteiger partial charge in [0.25, 0.3) is 0 Å². The summed E-state index contributed by atoms with van der Waals surface area (Å²) in [5, 5.41) is 4.25. The molecule has 0 spiro atoms. The zero-order valence-corrected chi connectivity index (χ0v) is 11.6. The molecule has 0 saturated carbocycles. The highest BCUT2D eigenvalue weighted by atomic mass is 35.5. The van der Waals surface area contributed by atoms with Gasteiger partial charge in [-0.25, -0.2) is 0 Å². The fraction of sp³-hybridized carbons (Fsp3) is 0.571. The minimum atomic E-state index is -0.0218. The number of ether oxygens (including phenoxy) is 2. The number of rotatable bonds is 5. The zero-order chi connectivity index (χ0) is 13.0. The predicted octanol–water partition coefficient (Wildman–Crippen LogP) is 2.79. The fourth-order valence-corrected chi connectivity index (χ4v) is 2.57. The maximum absolute atomic E-state index is 6.19. The van der Waals surface area contributed by atoms with Gasteiger partial charge in [0.15, 0.2) is 0 Å². The first kappa shape index (κ1) is 13.8. The Kier molecular flexibility index (Phi) is 5.01. The molecule has 3 nitrogen and oxygen atoms in total. The lowest BCUT2D eigenvalue weighted by molar-refractivity contribution is 0.0868. The predicted molar refractivity (Wildman–Crippen MR) is 73.0 cm³/mol. The Labute approximate surface area is 113 Å². The Morgan fingerprint density at radius 3 is 2.89 bits per heavy atom. The molecule has 0 bridgehead atoms. The number of nitrogens with one attached hydrogen (secondary N) is 1. The largest absolute Gasteiger partial charge is 0.377 e. The van der Waals surface area contributed by atoms with Crippen LogP contribution in [0.3, 0.4) is 0 Å². The van der Waals surface area contributed by atoms with Crippen molar-refractivity contribution in [3.8, 4) is 0 Å². The highest BCUT2D eigenvalue weighted by Crippen LogP contribution is 2.25. The van der Waals surface area contributed by atoms with Gasteiger partial charge in [-0.3, -0.25) is 0 Å². The summed E-state index contributed by atoms with van der Waals surface area (Å²) in [7, 11) is 1.71. The second-order valence-corrected chi connectivity index (χ2v) is 5.03. The fourth-order valence-electron chi connectivity index (χ4n) is 2.31. The van der Waals surface area contributed by atoms with Gasteiger partial charge in [0.2, 0.25) is 0 Å².